The summed E-state index contributed by atoms with van der Waals surface area (Å²) in [4.78, 5) is 0. The maximum absolute atomic E-state index is 13.5. The van der Waals surface area contributed by atoms with Crippen LogP contribution >= 0.6 is 0 Å². The molecule has 5 heteroatoms. The maximum atomic E-state index is 13.5. The van der Waals surface area contributed by atoms with Crippen LogP contribution in [-0.2, 0) is 4.74 Å². The Hall–Kier alpha value is -1.33. The van der Waals surface area contributed by atoms with Gasteiger partial charge in [-0.25, -0.2) is 4.39 Å². The van der Waals surface area contributed by atoms with Crippen LogP contribution in [0.3, 0.4) is 0 Å². The van der Waals surface area contributed by atoms with E-state index >= 15 is 0 Å². The van der Waals surface area contributed by atoms with Gasteiger partial charge in [-0.3, -0.25) is 0 Å². The number of anilines is 1. The lowest BCUT2D eigenvalue weighted by Gasteiger charge is -2.13. The largest absolute Gasteiger partial charge is 0.491 e. The molecule has 0 saturated heterocycles. The molecule has 0 radical (unpaired) electrons. The standard InChI is InChI=1S/C13H20FNO3/c1-3-17-9-11(16)8-15-10-5-6-13(18-4-2)12(14)7-10/h5-7,11,15-16H,3-4,8-9H2,1-2H3. The third-order valence-corrected chi connectivity index (χ3v) is 2.29. The third kappa shape index (κ3) is 4.89. The molecule has 0 aromatic heterocycles. The first-order chi connectivity index (χ1) is 8.67. The summed E-state index contributed by atoms with van der Waals surface area (Å²) < 4.78 is 23.7. The van der Waals surface area contributed by atoms with Crippen molar-refractivity contribution in [3.8, 4) is 5.75 Å². The summed E-state index contributed by atoms with van der Waals surface area (Å²) >= 11 is 0. The van der Waals surface area contributed by atoms with E-state index in [2.05, 4.69) is 5.32 Å². The van der Waals surface area contributed by atoms with E-state index in [1.807, 2.05) is 6.92 Å². The van der Waals surface area contributed by atoms with Crippen molar-refractivity contribution in [2.75, 3.05) is 31.7 Å². The molecule has 0 aliphatic rings. The highest BCUT2D eigenvalue weighted by atomic mass is 19.1. The van der Waals surface area contributed by atoms with Gasteiger partial charge in [0, 0.05) is 24.9 Å². The summed E-state index contributed by atoms with van der Waals surface area (Å²) in [6.07, 6.45) is -0.612. The van der Waals surface area contributed by atoms with Gasteiger partial charge >= 0.3 is 0 Å². The fourth-order valence-corrected chi connectivity index (χ4v) is 1.43. The van der Waals surface area contributed by atoms with Crippen LogP contribution in [0, 0.1) is 5.82 Å². The van der Waals surface area contributed by atoms with E-state index in [9.17, 15) is 9.50 Å². The van der Waals surface area contributed by atoms with Crippen LogP contribution in [0.5, 0.6) is 5.75 Å². The molecule has 0 spiro atoms. The number of halogens is 1. The van der Waals surface area contributed by atoms with Gasteiger partial charge in [0.2, 0.25) is 0 Å². The van der Waals surface area contributed by atoms with E-state index in [1.54, 1.807) is 19.1 Å². The zero-order chi connectivity index (χ0) is 13.4. The van der Waals surface area contributed by atoms with E-state index in [0.29, 0.717) is 25.4 Å². The molecular weight excluding hydrogens is 237 g/mol. The molecule has 1 unspecified atom stereocenters. The van der Waals surface area contributed by atoms with E-state index < -0.39 is 11.9 Å². The van der Waals surface area contributed by atoms with Crippen LogP contribution in [0.4, 0.5) is 10.1 Å². The summed E-state index contributed by atoms with van der Waals surface area (Å²) in [6.45, 7) is 5.24. The molecule has 0 saturated carbocycles. The fraction of sp³-hybridized carbons (Fsp3) is 0.538. The Morgan fingerprint density at radius 3 is 2.72 bits per heavy atom. The average Bonchev–Trinajstić information content (AvgIpc) is 2.37. The zero-order valence-electron chi connectivity index (χ0n) is 10.8. The number of hydrogen-bond acceptors (Lipinski definition) is 4. The van der Waals surface area contributed by atoms with Crippen molar-refractivity contribution in [1.82, 2.24) is 0 Å². The minimum atomic E-state index is -0.612. The molecule has 102 valence electrons. The molecule has 18 heavy (non-hydrogen) atoms. The summed E-state index contributed by atoms with van der Waals surface area (Å²) in [6, 6.07) is 4.62. The van der Waals surface area contributed by atoms with E-state index in [4.69, 9.17) is 9.47 Å². The van der Waals surface area contributed by atoms with Crippen molar-refractivity contribution in [2.24, 2.45) is 0 Å². The first-order valence-electron chi connectivity index (χ1n) is 6.09. The summed E-state index contributed by atoms with van der Waals surface area (Å²) in [5.41, 5.74) is 0.603. The fourth-order valence-electron chi connectivity index (χ4n) is 1.43. The monoisotopic (exact) mass is 257 g/mol. The lowest BCUT2D eigenvalue weighted by atomic mass is 10.2. The molecule has 1 rings (SSSR count). The SMILES string of the molecule is CCOCC(O)CNc1ccc(OCC)c(F)c1. The topological polar surface area (TPSA) is 50.7 Å². The first-order valence-corrected chi connectivity index (χ1v) is 6.09. The minimum Gasteiger partial charge on any atom is -0.491 e. The van der Waals surface area contributed by atoms with Gasteiger partial charge in [0.25, 0.3) is 0 Å². The van der Waals surface area contributed by atoms with Crippen molar-refractivity contribution in [3.63, 3.8) is 0 Å². The predicted molar refractivity (Wildman–Crippen MR) is 68.6 cm³/mol. The first kappa shape index (κ1) is 14.7. The van der Waals surface area contributed by atoms with Crippen molar-refractivity contribution in [3.05, 3.63) is 24.0 Å². The van der Waals surface area contributed by atoms with Crippen molar-refractivity contribution in [2.45, 2.75) is 20.0 Å². The van der Waals surface area contributed by atoms with Crippen molar-refractivity contribution < 1.29 is 19.0 Å². The highest BCUT2D eigenvalue weighted by Crippen LogP contribution is 2.20. The van der Waals surface area contributed by atoms with Crippen molar-refractivity contribution in [1.29, 1.82) is 0 Å². The molecule has 1 atom stereocenters. The highest BCUT2D eigenvalue weighted by molar-refractivity contribution is 5.47. The second-order valence-corrected chi connectivity index (χ2v) is 3.77. The van der Waals surface area contributed by atoms with Crippen LogP contribution in [0.25, 0.3) is 0 Å². The van der Waals surface area contributed by atoms with Gasteiger partial charge in [0.15, 0.2) is 11.6 Å². The van der Waals surface area contributed by atoms with Gasteiger partial charge in [-0.1, -0.05) is 0 Å². The van der Waals surface area contributed by atoms with Gasteiger partial charge < -0.3 is 19.9 Å². The molecule has 0 aliphatic heterocycles. The van der Waals surface area contributed by atoms with Gasteiger partial charge in [-0.15, -0.1) is 0 Å². The molecular formula is C13H20FNO3. The van der Waals surface area contributed by atoms with Gasteiger partial charge in [0.05, 0.1) is 19.3 Å². The van der Waals surface area contributed by atoms with Crippen LogP contribution in [-0.4, -0.2) is 37.6 Å². The van der Waals surface area contributed by atoms with E-state index in [1.165, 1.54) is 6.07 Å². The van der Waals surface area contributed by atoms with Crippen LogP contribution in [0.15, 0.2) is 18.2 Å². The molecule has 1 aromatic rings. The Labute approximate surface area is 107 Å². The van der Waals surface area contributed by atoms with Gasteiger partial charge in [-0.05, 0) is 26.0 Å². The molecule has 2 N–H and O–H groups in total. The van der Waals surface area contributed by atoms with Crippen LogP contribution in [0.1, 0.15) is 13.8 Å². The normalized spacial score (nSPS) is 12.2. The smallest absolute Gasteiger partial charge is 0.167 e. The Bertz CT molecular complexity index is 360. The molecule has 4 nitrogen and oxygen atoms in total. The molecule has 0 fully saturated rings. The molecule has 0 amide bonds. The number of aliphatic hydroxyl groups is 1. The number of nitrogens with one attached hydrogen (secondary N) is 1. The summed E-state index contributed by atoms with van der Waals surface area (Å²) in [7, 11) is 0. The van der Waals surface area contributed by atoms with Gasteiger partial charge in [-0.2, -0.15) is 0 Å². The maximum Gasteiger partial charge on any atom is 0.167 e. The van der Waals surface area contributed by atoms with E-state index in [-0.39, 0.29) is 12.4 Å². The Morgan fingerprint density at radius 1 is 1.33 bits per heavy atom. The Morgan fingerprint density at radius 2 is 2.11 bits per heavy atom. The van der Waals surface area contributed by atoms with Crippen molar-refractivity contribution >= 4 is 5.69 Å². The van der Waals surface area contributed by atoms with E-state index in [0.717, 1.165) is 0 Å². The second kappa shape index (κ2) is 7.89. The Balaban J connectivity index is 2.45. The zero-order valence-corrected chi connectivity index (χ0v) is 10.8. The number of benzene rings is 1. The minimum absolute atomic E-state index is 0.234. The molecule has 0 heterocycles. The number of ether oxygens (including phenoxy) is 2. The average molecular weight is 257 g/mol. The molecule has 0 bridgehead atoms. The number of aliphatic hydroxyl groups excluding tert-OH is 1. The van der Waals surface area contributed by atoms with Crippen LogP contribution in [0.2, 0.25) is 0 Å². The van der Waals surface area contributed by atoms with Crippen LogP contribution < -0.4 is 10.1 Å². The molecule has 0 aliphatic carbocycles. The molecule has 1 aromatic carbocycles. The number of rotatable bonds is 8. The Kier molecular flexibility index (Phi) is 6.46. The number of hydrogen-bond donors (Lipinski definition) is 2. The second-order valence-electron chi connectivity index (χ2n) is 3.77. The predicted octanol–water partition coefficient (Wildman–Crippen LogP) is 2.03. The lowest BCUT2D eigenvalue weighted by molar-refractivity contribution is 0.0496. The highest BCUT2D eigenvalue weighted by Gasteiger charge is 2.06. The summed E-state index contributed by atoms with van der Waals surface area (Å²) in [5.74, 6) is -0.181. The lowest BCUT2D eigenvalue weighted by Crippen LogP contribution is -2.24. The summed E-state index contributed by atoms with van der Waals surface area (Å²) in [5, 5.41) is 12.5. The van der Waals surface area contributed by atoms with Gasteiger partial charge in [0.1, 0.15) is 0 Å². The quantitative estimate of drug-likeness (QED) is 0.748. The third-order valence-electron chi connectivity index (χ3n) is 2.29.